The Morgan fingerprint density at radius 1 is 0.712 bits per heavy atom. The van der Waals surface area contributed by atoms with E-state index in [0.29, 0.717) is 51.0 Å². The Kier molecular flexibility index (Phi) is 13.6. The number of methoxy groups -OCH3 is 1. The zero-order valence-electron chi connectivity index (χ0n) is 35.2. The van der Waals surface area contributed by atoms with Gasteiger partial charge in [0.05, 0.1) is 44.3 Å². The molecule has 59 heavy (non-hydrogen) atoms. The highest BCUT2D eigenvalue weighted by Gasteiger charge is 2.39. The fourth-order valence-electron chi connectivity index (χ4n) is 9.36. The van der Waals surface area contributed by atoms with Gasteiger partial charge in [-0.1, -0.05) is 52.0 Å². The molecule has 0 unspecified atom stereocenters. The summed E-state index contributed by atoms with van der Waals surface area (Å²) in [7, 11) is 1.30. The van der Waals surface area contributed by atoms with Crippen LogP contribution in [0.3, 0.4) is 0 Å². The molecule has 5 heterocycles. The standard InChI is InChI=1S/C44H62N8O7/c1-26(2)37(49-43(55)57-5)41(53)51-20-6-8-35(51)39-45-24-33(47-39)30-14-10-28(11-15-30)29-12-16-31(17-13-29)34-25-46-40(48-34)36-9-7-21-52(36)42(54)38(27(3)4)50-44(56)59-32-18-22-58-23-19-32/h10-11,14-15,24-27,29,31-32,35-38H,6-9,12-13,16-23H2,1-5H3,(H,45,47)(H,46,48)(H,49,55)(H,50,56)/t29-,31-,35-,36-,37-,38+/m0/s1. The van der Waals surface area contributed by atoms with Gasteiger partial charge in [0.15, 0.2) is 0 Å². The summed E-state index contributed by atoms with van der Waals surface area (Å²) >= 11 is 0. The van der Waals surface area contributed by atoms with E-state index in [1.54, 1.807) is 0 Å². The molecule has 3 aliphatic heterocycles. The number of carbonyl (C=O) groups excluding carboxylic acids is 4. The molecule has 320 valence electrons. The van der Waals surface area contributed by atoms with Gasteiger partial charge in [-0.3, -0.25) is 9.59 Å². The quantitative estimate of drug-likeness (QED) is 0.151. The topological polar surface area (TPSA) is 184 Å². The lowest BCUT2D eigenvalue weighted by atomic mass is 9.77. The first kappa shape index (κ1) is 42.2. The average Bonchev–Trinajstić information content (AvgIpc) is 4.09. The molecule has 0 spiro atoms. The lowest BCUT2D eigenvalue weighted by Gasteiger charge is -2.31. The fraction of sp³-hybridized carbons (Fsp3) is 0.636. The maximum atomic E-state index is 13.9. The maximum absolute atomic E-state index is 13.9. The van der Waals surface area contributed by atoms with E-state index in [9.17, 15) is 19.2 Å². The third kappa shape index (κ3) is 9.77. The van der Waals surface area contributed by atoms with E-state index >= 15 is 0 Å². The van der Waals surface area contributed by atoms with Crippen LogP contribution in [-0.4, -0.2) is 105 Å². The molecule has 0 bridgehead atoms. The van der Waals surface area contributed by atoms with Crippen LogP contribution in [0.5, 0.6) is 0 Å². The van der Waals surface area contributed by atoms with E-state index in [1.807, 2.05) is 49.9 Å². The van der Waals surface area contributed by atoms with Gasteiger partial charge in [-0.25, -0.2) is 19.6 Å². The Labute approximate surface area is 347 Å². The molecule has 1 aliphatic carbocycles. The van der Waals surface area contributed by atoms with Gasteiger partial charge in [0, 0.05) is 43.7 Å². The van der Waals surface area contributed by atoms with Crippen LogP contribution < -0.4 is 10.6 Å². The molecule has 1 saturated carbocycles. The summed E-state index contributed by atoms with van der Waals surface area (Å²) in [6, 6.07) is 7.05. The first-order valence-electron chi connectivity index (χ1n) is 21.7. The number of alkyl carbamates (subject to hydrolysis) is 2. The van der Waals surface area contributed by atoms with Crippen molar-refractivity contribution in [3.05, 3.63) is 59.6 Å². The van der Waals surface area contributed by atoms with Crippen LogP contribution in [0.1, 0.15) is 139 Å². The number of aromatic nitrogens is 4. The Hall–Kier alpha value is -4.92. The number of benzene rings is 1. The monoisotopic (exact) mass is 814 g/mol. The Balaban J connectivity index is 0.922. The van der Waals surface area contributed by atoms with Crippen molar-refractivity contribution in [1.29, 1.82) is 0 Å². The van der Waals surface area contributed by atoms with Crippen LogP contribution in [0, 0.1) is 11.8 Å². The van der Waals surface area contributed by atoms with Gasteiger partial charge in [-0.2, -0.15) is 0 Å². The van der Waals surface area contributed by atoms with Crippen molar-refractivity contribution >= 4 is 24.0 Å². The van der Waals surface area contributed by atoms with E-state index < -0.39 is 24.3 Å². The Bertz CT molecular complexity index is 1900. The van der Waals surface area contributed by atoms with Gasteiger partial charge in [0.1, 0.15) is 29.8 Å². The second-order valence-corrected chi connectivity index (χ2v) is 17.4. The first-order valence-corrected chi connectivity index (χ1v) is 21.7. The highest BCUT2D eigenvalue weighted by molar-refractivity contribution is 5.87. The molecule has 4 N–H and O–H groups in total. The summed E-state index contributed by atoms with van der Waals surface area (Å²) in [4.78, 5) is 72.6. The second-order valence-electron chi connectivity index (χ2n) is 17.4. The second kappa shape index (κ2) is 19.0. The Morgan fingerprint density at radius 3 is 1.83 bits per heavy atom. The number of aromatic amines is 2. The first-order chi connectivity index (χ1) is 28.5. The predicted octanol–water partition coefficient (Wildman–Crippen LogP) is 6.88. The fourth-order valence-corrected chi connectivity index (χ4v) is 9.36. The van der Waals surface area contributed by atoms with E-state index in [2.05, 4.69) is 44.9 Å². The lowest BCUT2D eigenvalue weighted by Crippen LogP contribution is -2.51. The Morgan fingerprint density at radius 2 is 1.25 bits per heavy atom. The van der Waals surface area contributed by atoms with Crippen molar-refractivity contribution in [2.75, 3.05) is 33.4 Å². The average molecular weight is 815 g/mol. The number of hydrogen-bond acceptors (Lipinski definition) is 9. The number of ether oxygens (including phenoxy) is 3. The largest absolute Gasteiger partial charge is 0.453 e. The van der Waals surface area contributed by atoms with Gasteiger partial charge in [-0.05, 0) is 80.2 Å². The van der Waals surface area contributed by atoms with Crippen molar-refractivity contribution in [3.63, 3.8) is 0 Å². The highest BCUT2D eigenvalue weighted by atomic mass is 16.6. The van der Waals surface area contributed by atoms with E-state index in [4.69, 9.17) is 24.2 Å². The van der Waals surface area contributed by atoms with Gasteiger partial charge in [-0.15, -0.1) is 0 Å². The van der Waals surface area contributed by atoms with Crippen molar-refractivity contribution < 1.29 is 33.4 Å². The number of rotatable bonds is 12. The molecule has 4 fully saturated rings. The molecule has 1 aromatic carbocycles. The lowest BCUT2D eigenvalue weighted by molar-refractivity contribution is -0.136. The zero-order chi connectivity index (χ0) is 41.6. The molecule has 4 atom stereocenters. The predicted molar refractivity (Wildman–Crippen MR) is 220 cm³/mol. The van der Waals surface area contributed by atoms with Gasteiger partial charge >= 0.3 is 12.2 Å². The minimum atomic E-state index is -0.680. The van der Waals surface area contributed by atoms with E-state index in [-0.39, 0.29) is 41.8 Å². The van der Waals surface area contributed by atoms with Gasteiger partial charge < -0.3 is 44.6 Å². The molecule has 3 aromatic rings. The smallest absolute Gasteiger partial charge is 0.408 e. The normalized spacial score (nSPS) is 23.6. The number of imidazole rings is 2. The number of amides is 4. The molecule has 4 amide bonds. The summed E-state index contributed by atoms with van der Waals surface area (Å²) in [5, 5.41) is 5.58. The van der Waals surface area contributed by atoms with Crippen molar-refractivity contribution in [2.24, 2.45) is 11.8 Å². The maximum Gasteiger partial charge on any atom is 0.408 e. The molecule has 2 aromatic heterocycles. The van der Waals surface area contributed by atoms with Gasteiger partial charge in [0.25, 0.3) is 0 Å². The zero-order valence-corrected chi connectivity index (χ0v) is 35.2. The van der Waals surface area contributed by atoms with Crippen LogP contribution in [0.25, 0.3) is 11.3 Å². The molecular formula is C44H62N8O7. The number of hydrogen-bond donors (Lipinski definition) is 4. The highest BCUT2D eigenvalue weighted by Crippen LogP contribution is 2.41. The van der Waals surface area contributed by atoms with Crippen molar-refractivity contribution in [3.8, 4) is 11.3 Å². The minimum absolute atomic E-state index is 0.0936. The molecule has 7 rings (SSSR count). The molecule has 15 nitrogen and oxygen atoms in total. The van der Waals surface area contributed by atoms with Gasteiger partial charge in [0.2, 0.25) is 11.8 Å². The summed E-state index contributed by atoms with van der Waals surface area (Å²) in [6.07, 6.45) is 11.4. The number of nitrogens with zero attached hydrogens (tertiary/aromatic N) is 4. The van der Waals surface area contributed by atoms with Crippen molar-refractivity contribution in [2.45, 2.75) is 134 Å². The molecule has 0 radical (unpaired) electrons. The minimum Gasteiger partial charge on any atom is -0.453 e. The van der Waals surface area contributed by atoms with E-state index in [0.717, 1.165) is 80.0 Å². The summed E-state index contributed by atoms with van der Waals surface area (Å²) < 4.78 is 15.8. The van der Waals surface area contributed by atoms with Crippen LogP contribution in [0.15, 0.2) is 36.7 Å². The molecular weight excluding hydrogens is 753 g/mol. The van der Waals surface area contributed by atoms with E-state index in [1.165, 1.54) is 12.7 Å². The van der Waals surface area contributed by atoms with Crippen molar-refractivity contribution in [1.82, 2.24) is 40.4 Å². The third-order valence-electron chi connectivity index (χ3n) is 12.8. The molecule has 15 heteroatoms. The summed E-state index contributed by atoms with van der Waals surface area (Å²) in [5.41, 5.74) is 4.40. The van der Waals surface area contributed by atoms with Crippen LogP contribution in [-0.2, 0) is 23.8 Å². The number of carbonyl (C=O) groups is 4. The van der Waals surface area contributed by atoms with Crippen LogP contribution in [0.2, 0.25) is 0 Å². The van der Waals surface area contributed by atoms with Crippen LogP contribution >= 0.6 is 0 Å². The van der Waals surface area contributed by atoms with Crippen LogP contribution in [0.4, 0.5) is 9.59 Å². The molecule has 3 saturated heterocycles. The molecule has 4 aliphatic rings. The number of likely N-dealkylation sites (tertiary alicyclic amines) is 2. The number of H-pyrrole nitrogens is 2. The summed E-state index contributed by atoms with van der Waals surface area (Å²) in [5.74, 6) is 2.00. The number of nitrogens with one attached hydrogen (secondary N) is 4. The summed E-state index contributed by atoms with van der Waals surface area (Å²) in [6.45, 7) is 10.1. The SMILES string of the molecule is COC(=O)N[C@H](C(=O)N1CCC[C@H]1c1ncc(-c2ccc([C@H]3CC[C@H](c4cnc([C@@H]5CCCN5C(=O)[C@H](NC(=O)OC5CCOCC5)C(C)C)[nH]4)CC3)cc2)[nH]1)C(C)C. The third-order valence-corrected chi connectivity index (χ3v) is 12.8.